The molecule has 150 valence electrons. The van der Waals surface area contributed by atoms with Gasteiger partial charge < -0.3 is 15.0 Å². The summed E-state index contributed by atoms with van der Waals surface area (Å²) in [6.45, 7) is 0. The Hall–Kier alpha value is -3.52. The molecule has 2 N–H and O–H groups in total. The van der Waals surface area contributed by atoms with Crippen LogP contribution in [0.2, 0.25) is 0 Å². The number of imidazole rings is 1. The topological polar surface area (TPSA) is 97.1 Å². The lowest BCUT2D eigenvalue weighted by atomic mass is 10.0. The second-order valence-corrected chi connectivity index (χ2v) is 7.64. The lowest BCUT2D eigenvalue weighted by Crippen LogP contribution is -2.14. The highest BCUT2D eigenvalue weighted by Gasteiger charge is 2.20. The van der Waals surface area contributed by atoms with Gasteiger partial charge in [-0.3, -0.25) is 14.6 Å². The average Bonchev–Trinajstić information content (AvgIpc) is 3.15. The number of carbonyl (C=O) groups excluding carboxylic acids is 1. The Labute approximate surface area is 180 Å². The van der Waals surface area contributed by atoms with Crippen molar-refractivity contribution in [1.82, 2.24) is 14.5 Å². The minimum atomic E-state index is -0.891. The van der Waals surface area contributed by atoms with Crippen molar-refractivity contribution in [3.05, 3.63) is 88.9 Å². The van der Waals surface area contributed by atoms with Crippen LogP contribution in [0.1, 0.15) is 28.4 Å². The molecule has 0 saturated carbocycles. The number of hydrogen-bond acceptors (Lipinski definition) is 4. The van der Waals surface area contributed by atoms with Crippen molar-refractivity contribution in [1.29, 1.82) is 0 Å². The van der Waals surface area contributed by atoms with Crippen LogP contribution in [0.3, 0.4) is 0 Å². The fourth-order valence-electron chi connectivity index (χ4n) is 3.31. The molecule has 0 aliphatic rings. The smallest absolute Gasteiger partial charge is 0.305 e. The zero-order chi connectivity index (χ0) is 21.1. The number of fused-ring (bicyclic) bond motifs is 1. The zero-order valence-corrected chi connectivity index (χ0v) is 17.3. The first-order chi connectivity index (χ1) is 14.5. The monoisotopic (exact) mass is 464 g/mol. The number of amides is 1. The Balaban J connectivity index is 1.64. The second-order valence-electron chi connectivity index (χ2n) is 6.73. The van der Waals surface area contributed by atoms with Crippen LogP contribution in [0.15, 0.2) is 77.8 Å². The van der Waals surface area contributed by atoms with Gasteiger partial charge in [-0.15, -0.1) is 0 Å². The minimum Gasteiger partial charge on any atom is -0.481 e. The number of carboxylic acids is 1. The van der Waals surface area contributed by atoms with Crippen LogP contribution >= 0.6 is 15.9 Å². The summed E-state index contributed by atoms with van der Waals surface area (Å²) in [6, 6.07) is 16.1. The summed E-state index contributed by atoms with van der Waals surface area (Å²) >= 11 is 3.30. The molecule has 0 saturated heterocycles. The maximum atomic E-state index is 12.5. The molecular formula is C22H17BrN4O3. The molecule has 0 fully saturated rings. The van der Waals surface area contributed by atoms with Gasteiger partial charge in [0.25, 0.3) is 5.91 Å². The van der Waals surface area contributed by atoms with Crippen molar-refractivity contribution in [2.45, 2.75) is 12.5 Å². The van der Waals surface area contributed by atoms with E-state index >= 15 is 0 Å². The summed E-state index contributed by atoms with van der Waals surface area (Å²) in [5.41, 5.74) is 3.35. The number of hydrogen-bond donors (Lipinski definition) is 2. The second kappa shape index (κ2) is 8.46. The van der Waals surface area contributed by atoms with E-state index < -0.39 is 5.97 Å². The molecule has 0 radical (unpaired) electrons. The van der Waals surface area contributed by atoms with Gasteiger partial charge in [0.2, 0.25) is 0 Å². The Bertz CT molecular complexity index is 1220. The van der Waals surface area contributed by atoms with E-state index in [4.69, 9.17) is 0 Å². The van der Waals surface area contributed by atoms with Crippen LogP contribution in [-0.2, 0) is 4.79 Å². The maximum Gasteiger partial charge on any atom is 0.305 e. The van der Waals surface area contributed by atoms with Crippen molar-refractivity contribution < 1.29 is 14.7 Å². The van der Waals surface area contributed by atoms with Gasteiger partial charge in [0.05, 0.1) is 35.4 Å². The van der Waals surface area contributed by atoms with Crippen molar-refractivity contribution in [2.24, 2.45) is 0 Å². The van der Waals surface area contributed by atoms with Crippen molar-refractivity contribution in [3.8, 4) is 0 Å². The third-order valence-corrected chi connectivity index (χ3v) is 5.12. The predicted molar refractivity (Wildman–Crippen MR) is 116 cm³/mol. The van der Waals surface area contributed by atoms with Gasteiger partial charge in [0, 0.05) is 22.6 Å². The van der Waals surface area contributed by atoms with Gasteiger partial charge in [-0.25, -0.2) is 4.98 Å². The highest BCUT2D eigenvalue weighted by Crippen LogP contribution is 2.28. The molecule has 1 unspecified atom stereocenters. The lowest BCUT2D eigenvalue weighted by molar-refractivity contribution is -0.137. The van der Waals surface area contributed by atoms with E-state index in [1.54, 1.807) is 30.7 Å². The molecule has 0 spiro atoms. The number of aliphatic carboxylic acids is 1. The number of carbonyl (C=O) groups is 2. The fourth-order valence-corrected chi connectivity index (χ4v) is 3.68. The Kier molecular flexibility index (Phi) is 5.58. The van der Waals surface area contributed by atoms with Gasteiger partial charge in [-0.2, -0.15) is 0 Å². The average molecular weight is 465 g/mol. The lowest BCUT2D eigenvalue weighted by Gasteiger charge is -2.18. The Morgan fingerprint density at radius 2 is 1.90 bits per heavy atom. The maximum absolute atomic E-state index is 12.5. The number of carboxylic acid groups (broad SMARTS) is 1. The van der Waals surface area contributed by atoms with E-state index in [1.165, 1.54) is 6.20 Å². The van der Waals surface area contributed by atoms with Crippen LogP contribution < -0.4 is 5.32 Å². The molecule has 0 bridgehead atoms. The van der Waals surface area contributed by atoms with Crippen molar-refractivity contribution >= 4 is 44.5 Å². The van der Waals surface area contributed by atoms with Crippen LogP contribution in [0.4, 0.5) is 5.69 Å². The van der Waals surface area contributed by atoms with Crippen LogP contribution in [-0.4, -0.2) is 31.5 Å². The van der Waals surface area contributed by atoms with E-state index in [1.807, 2.05) is 41.0 Å². The summed E-state index contributed by atoms with van der Waals surface area (Å²) in [4.78, 5) is 32.3. The molecule has 2 heterocycles. The molecule has 4 rings (SSSR count). The number of anilines is 1. The highest BCUT2D eigenvalue weighted by atomic mass is 79.9. The standard InChI is InChI=1S/C22H17BrN4O3/c23-16-8-15(11-24-12-16)22(30)26-17-6-7-19-18(9-17)25-13-27(19)20(10-21(28)29)14-4-2-1-3-5-14/h1-9,11-13,20H,10H2,(H,26,30)(H,28,29). The summed E-state index contributed by atoms with van der Waals surface area (Å²) in [6.07, 6.45) is 4.67. The van der Waals surface area contributed by atoms with E-state index in [0.717, 1.165) is 15.6 Å². The molecule has 1 amide bonds. The molecule has 1 atom stereocenters. The number of nitrogens with zero attached hydrogens (tertiary/aromatic N) is 3. The van der Waals surface area contributed by atoms with Crippen molar-refractivity contribution in [3.63, 3.8) is 0 Å². The SMILES string of the molecule is O=C(O)CC(c1ccccc1)n1cnc2cc(NC(=O)c3cncc(Br)c3)ccc21. The Morgan fingerprint density at radius 1 is 1.10 bits per heavy atom. The van der Waals surface area contributed by atoms with Crippen LogP contribution in [0.5, 0.6) is 0 Å². The van der Waals surface area contributed by atoms with E-state index in [9.17, 15) is 14.7 Å². The molecule has 4 aromatic rings. The fraction of sp³-hybridized carbons (Fsp3) is 0.0909. The zero-order valence-electron chi connectivity index (χ0n) is 15.7. The van der Waals surface area contributed by atoms with Gasteiger partial charge in [-0.1, -0.05) is 30.3 Å². The minimum absolute atomic E-state index is 0.0656. The largest absolute Gasteiger partial charge is 0.481 e. The molecule has 2 aromatic heterocycles. The summed E-state index contributed by atoms with van der Waals surface area (Å²) in [5, 5.41) is 12.2. The van der Waals surface area contributed by atoms with E-state index in [-0.39, 0.29) is 18.4 Å². The third kappa shape index (κ3) is 4.23. The van der Waals surface area contributed by atoms with E-state index in [2.05, 4.69) is 31.2 Å². The number of aromatic nitrogens is 3. The molecule has 8 heteroatoms. The summed E-state index contributed by atoms with van der Waals surface area (Å²) in [7, 11) is 0. The first-order valence-corrected chi connectivity index (χ1v) is 9.96. The predicted octanol–water partition coefficient (Wildman–Crippen LogP) is 4.51. The number of halogens is 1. The number of rotatable bonds is 6. The van der Waals surface area contributed by atoms with Crippen LogP contribution in [0, 0.1) is 0 Å². The number of nitrogens with one attached hydrogen (secondary N) is 1. The molecule has 30 heavy (non-hydrogen) atoms. The van der Waals surface area contributed by atoms with Gasteiger partial charge >= 0.3 is 5.97 Å². The third-order valence-electron chi connectivity index (χ3n) is 4.69. The van der Waals surface area contributed by atoms with Gasteiger partial charge in [0.1, 0.15) is 0 Å². The molecule has 2 aromatic carbocycles. The van der Waals surface area contributed by atoms with E-state index in [0.29, 0.717) is 16.8 Å². The first kappa shape index (κ1) is 19.8. The quantitative estimate of drug-likeness (QED) is 0.437. The van der Waals surface area contributed by atoms with Gasteiger partial charge in [-0.05, 0) is 45.8 Å². The highest BCUT2D eigenvalue weighted by molar-refractivity contribution is 9.10. The molecule has 7 nitrogen and oxygen atoms in total. The molecular weight excluding hydrogens is 448 g/mol. The van der Waals surface area contributed by atoms with Crippen LogP contribution in [0.25, 0.3) is 11.0 Å². The number of benzene rings is 2. The number of pyridine rings is 1. The summed E-state index contributed by atoms with van der Waals surface area (Å²) in [5.74, 6) is -1.17. The van der Waals surface area contributed by atoms with Gasteiger partial charge in [0.15, 0.2) is 0 Å². The Morgan fingerprint density at radius 3 is 2.63 bits per heavy atom. The molecule has 0 aliphatic carbocycles. The van der Waals surface area contributed by atoms with Crippen molar-refractivity contribution in [2.75, 3.05) is 5.32 Å². The normalized spacial score (nSPS) is 11.9. The summed E-state index contributed by atoms with van der Waals surface area (Å²) < 4.78 is 2.57. The molecule has 0 aliphatic heterocycles. The first-order valence-electron chi connectivity index (χ1n) is 9.16.